The van der Waals surface area contributed by atoms with Crippen LogP contribution in [0.1, 0.15) is 29.4 Å². The van der Waals surface area contributed by atoms with Crippen molar-refractivity contribution in [1.29, 1.82) is 5.26 Å². The van der Waals surface area contributed by atoms with Crippen molar-refractivity contribution in [3.05, 3.63) is 47.9 Å². The van der Waals surface area contributed by atoms with E-state index in [2.05, 4.69) is 20.6 Å². The number of aromatic nitrogens is 2. The first-order valence-corrected chi connectivity index (χ1v) is 6.61. The number of carbonyl (C=O) groups is 1. The fourth-order valence-corrected chi connectivity index (χ4v) is 1.71. The summed E-state index contributed by atoms with van der Waals surface area (Å²) >= 11 is 0. The van der Waals surface area contributed by atoms with Gasteiger partial charge in [0.15, 0.2) is 0 Å². The summed E-state index contributed by atoms with van der Waals surface area (Å²) in [5, 5.41) is 14.8. The molecule has 0 spiro atoms. The minimum Gasteiger partial charge on any atom is -0.370 e. The molecule has 0 bridgehead atoms. The third kappa shape index (κ3) is 3.76. The predicted molar refractivity (Wildman–Crippen MR) is 79.9 cm³/mol. The van der Waals surface area contributed by atoms with Gasteiger partial charge in [-0.25, -0.2) is 9.97 Å². The molecule has 6 heteroatoms. The smallest absolute Gasteiger partial charge is 0.274 e. The van der Waals surface area contributed by atoms with Crippen LogP contribution in [0.4, 0.5) is 11.5 Å². The molecule has 0 atom stereocenters. The summed E-state index contributed by atoms with van der Waals surface area (Å²) in [5.74, 6) is 0.227. The topological polar surface area (TPSA) is 90.7 Å². The first-order valence-electron chi connectivity index (χ1n) is 6.61. The molecule has 2 aromatic rings. The Morgan fingerprint density at radius 2 is 2.14 bits per heavy atom. The van der Waals surface area contributed by atoms with Crippen molar-refractivity contribution >= 4 is 17.4 Å². The fourth-order valence-electron chi connectivity index (χ4n) is 1.71. The lowest BCUT2D eigenvalue weighted by Gasteiger charge is -2.07. The van der Waals surface area contributed by atoms with E-state index in [1.807, 2.05) is 13.0 Å². The van der Waals surface area contributed by atoms with Crippen LogP contribution in [0.15, 0.2) is 36.7 Å². The summed E-state index contributed by atoms with van der Waals surface area (Å²) in [7, 11) is 0. The molecular formula is C15H15N5O. The first-order chi connectivity index (χ1) is 10.2. The van der Waals surface area contributed by atoms with Gasteiger partial charge in [-0.15, -0.1) is 0 Å². The van der Waals surface area contributed by atoms with Crippen LogP contribution in [0.2, 0.25) is 0 Å². The van der Waals surface area contributed by atoms with Crippen molar-refractivity contribution in [3.8, 4) is 6.07 Å². The van der Waals surface area contributed by atoms with E-state index in [-0.39, 0.29) is 11.6 Å². The highest BCUT2D eigenvalue weighted by atomic mass is 16.1. The Morgan fingerprint density at radius 3 is 2.90 bits per heavy atom. The maximum Gasteiger partial charge on any atom is 0.274 e. The maximum atomic E-state index is 12.2. The minimum atomic E-state index is -0.375. The number of carbonyl (C=O) groups excluding carboxylic acids is 1. The van der Waals surface area contributed by atoms with Gasteiger partial charge in [-0.2, -0.15) is 5.26 Å². The minimum absolute atomic E-state index is 0.247. The summed E-state index contributed by atoms with van der Waals surface area (Å²) in [6, 6.07) is 10.4. The van der Waals surface area contributed by atoms with Gasteiger partial charge in [0.05, 0.1) is 11.3 Å². The molecule has 1 aromatic heterocycles. The molecule has 0 aliphatic heterocycles. The fraction of sp³-hybridized carbons (Fsp3) is 0.200. The van der Waals surface area contributed by atoms with E-state index in [9.17, 15) is 4.79 Å². The normalized spacial score (nSPS) is 9.71. The number of anilines is 2. The summed E-state index contributed by atoms with van der Waals surface area (Å²) in [6.45, 7) is 2.82. The van der Waals surface area contributed by atoms with Crippen molar-refractivity contribution in [2.24, 2.45) is 0 Å². The molecule has 6 nitrogen and oxygen atoms in total. The molecule has 0 aliphatic carbocycles. The SMILES string of the molecule is CCCNc1cc(C(=O)Nc2ccccc2C#N)ncn1. The standard InChI is InChI=1S/C15H15N5O/c1-2-7-17-14-8-13(18-10-19-14)15(21)20-12-6-4-3-5-11(12)9-16/h3-6,8,10H,2,7H2,1H3,(H,20,21)(H,17,18,19). The molecule has 1 amide bonds. The van der Waals surface area contributed by atoms with Crippen LogP contribution >= 0.6 is 0 Å². The Hall–Kier alpha value is -2.94. The number of nitriles is 1. The molecule has 0 unspecified atom stereocenters. The van der Waals surface area contributed by atoms with Gasteiger partial charge >= 0.3 is 0 Å². The van der Waals surface area contributed by atoms with Gasteiger partial charge < -0.3 is 10.6 Å². The number of hydrogen-bond donors (Lipinski definition) is 2. The van der Waals surface area contributed by atoms with E-state index in [0.29, 0.717) is 17.1 Å². The van der Waals surface area contributed by atoms with Crippen molar-refractivity contribution in [3.63, 3.8) is 0 Å². The van der Waals surface area contributed by atoms with E-state index in [4.69, 9.17) is 5.26 Å². The number of nitrogens with zero attached hydrogens (tertiary/aromatic N) is 3. The van der Waals surface area contributed by atoms with Crippen LogP contribution < -0.4 is 10.6 Å². The average molecular weight is 281 g/mol. The summed E-state index contributed by atoms with van der Waals surface area (Å²) in [4.78, 5) is 20.2. The van der Waals surface area contributed by atoms with Gasteiger partial charge in [0.2, 0.25) is 0 Å². The molecule has 1 aromatic carbocycles. The lowest BCUT2D eigenvalue weighted by molar-refractivity contribution is 0.102. The third-order valence-corrected chi connectivity index (χ3v) is 2.75. The molecular weight excluding hydrogens is 266 g/mol. The zero-order chi connectivity index (χ0) is 15.1. The van der Waals surface area contributed by atoms with Gasteiger partial charge in [0, 0.05) is 12.6 Å². The quantitative estimate of drug-likeness (QED) is 0.878. The number of rotatable bonds is 5. The summed E-state index contributed by atoms with van der Waals surface area (Å²) in [6.07, 6.45) is 2.30. The number of hydrogen-bond acceptors (Lipinski definition) is 5. The van der Waals surface area contributed by atoms with Crippen molar-refractivity contribution in [1.82, 2.24) is 9.97 Å². The van der Waals surface area contributed by atoms with Gasteiger partial charge in [-0.3, -0.25) is 4.79 Å². The molecule has 0 aliphatic rings. The first kappa shape index (κ1) is 14.5. The van der Waals surface area contributed by atoms with E-state index < -0.39 is 0 Å². The number of benzene rings is 1. The van der Waals surface area contributed by atoms with Crippen LogP contribution in [0.25, 0.3) is 0 Å². The van der Waals surface area contributed by atoms with Crippen LogP contribution in [-0.4, -0.2) is 22.4 Å². The van der Waals surface area contributed by atoms with Crippen LogP contribution in [0, 0.1) is 11.3 Å². The van der Waals surface area contributed by atoms with Crippen molar-refractivity contribution < 1.29 is 4.79 Å². The monoisotopic (exact) mass is 281 g/mol. The maximum absolute atomic E-state index is 12.2. The van der Waals surface area contributed by atoms with Crippen LogP contribution in [-0.2, 0) is 0 Å². The van der Waals surface area contributed by atoms with Crippen LogP contribution in [0.3, 0.4) is 0 Å². The molecule has 0 radical (unpaired) electrons. The Balaban J connectivity index is 2.15. The average Bonchev–Trinajstić information content (AvgIpc) is 2.53. The zero-order valence-electron chi connectivity index (χ0n) is 11.6. The van der Waals surface area contributed by atoms with E-state index in [0.717, 1.165) is 13.0 Å². The zero-order valence-corrected chi connectivity index (χ0v) is 11.6. The van der Waals surface area contributed by atoms with E-state index in [1.54, 1.807) is 30.3 Å². The van der Waals surface area contributed by atoms with Gasteiger partial charge in [-0.05, 0) is 18.6 Å². The summed E-state index contributed by atoms with van der Waals surface area (Å²) in [5.41, 5.74) is 1.12. The predicted octanol–water partition coefficient (Wildman–Crippen LogP) is 2.42. The Kier molecular flexibility index (Phi) is 4.83. The second-order valence-electron chi connectivity index (χ2n) is 4.33. The number of nitrogens with one attached hydrogen (secondary N) is 2. The Labute approximate surface area is 122 Å². The number of amides is 1. The molecule has 2 rings (SSSR count). The second kappa shape index (κ2) is 7.01. The van der Waals surface area contributed by atoms with Gasteiger partial charge in [0.1, 0.15) is 23.9 Å². The molecule has 0 fully saturated rings. The van der Waals surface area contributed by atoms with E-state index >= 15 is 0 Å². The van der Waals surface area contributed by atoms with Crippen LogP contribution in [0.5, 0.6) is 0 Å². The lowest BCUT2D eigenvalue weighted by Crippen LogP contribution is -2.15. The Bertz CT molecular complexity index is 678. The molecule has 0 saturated carbocycles. The summed E-state index contributed by atoms with van der Waals surface area (Å²) < 4.78 is 0. The largest absolute Gasteiger partial charge is 0.370 e. The second-order valence-corrected chi connectivity index (χ2v) is 4.33. The van der Waals surface area contributed by atoms with E-state index in [1.165, 1.54) is 6.33 Å². The van der Waals surface area contributed by atoms with Crippen molar-refractivity contribution in [2.45, 2.75) is 13.3 Å². The molecule has 21 heavy (non-hydrogen) atoms. The lowest BCUT2D eigenvalue weighted by atomic mass is 10.2. The third-order valence-electron chi connectivity index (χ3n) is 2.75. The van der Waals surface area contributed by atoms with Gasteiger partial charge in [-0.1, -0.05) is 19.1 Å². The molecule has 0 saturated heterocycles. The highest BCUT2D eigenvalue weighted by Gasteiger charge is 2.11. The molecule has 106 valence electrons. The number of para-hydroxylation sites is 1. The van der Waals surface area contributed by atoms with Gasteiger partial charge in [0.25, 0.3) is 5.91 Å². The highest BCUT2D eigenvalue weighted by molar-refractivity contribution is 6.03. The Morgan fingerprint density at radius 1 is 1.33 bits per heavy atom. The van der Waals surface area contributed by atoms with Crippen molar-refractivity contribution in [2.75, 3.05) is 17.2 Å². The highest BCUT2D eigenvalue weighted by Crippen LogP contribution is 2.15. The molecule has 2 N–H and O–H groups in total. The molecule has 1 heterocycles.